The molecule has 0 amide bonds. The summed E-state index contributed by atoms with van der Waals surface area (Å²) in [5.74, 6) is 0.714. The van der Waals surface area contributed by atoms with Crippen molar-refractivity contribution in [1.29, 1.82) is 0 Å². The van der Waals surface area contributed by atoms with E-state index >= 15 is 0 Å². The van der Waals surface area contributed by atoms with E-state index in [0.717, 1.165) is 30.6 Å². The van der Waals surface area contributed by atoms with Crippen LogP contribution in [-0.4, -0.2) is 18.1 Å². The summed E-state index contributed by atoms with van der Waals surface area (Å²) in [6.07, 6.45) is 5.10. The van der Waals surface area contributed by atoms with Gasteiger partial charge in [0.05, 0.1) is 0 Å². The molecule has 20 heavy (non-hydrogen) atoms. The topological polar surface area (TPSA) is 34.1 Å². The van der Waals surface area contributed by atoms with Gasteiger partial charge in [-0.05, 0) is 36.2 Å². The van der Waals surface area contributed by atoms with Gasteiger partial charge in [0.1, 0.15) is 6.61 Å². The molecule has 1 aliphatic heterocycles. The molecule has 2 aromatic rings. The fraction of sp³-hybridized carbons (Fsp3) is 0.235. The molecule has 3 rings (SSSR count). The number of hydrogen-bond donors (Lipinski definition) is 1. The second-order valence-corrected chi connectivity index (χ2v) is 4.83. The third-order valence-electron chi connectivity index (χ3n) is 3.36. The molecule has 3 heteroatoms. The number of nitrogens with zero attached hydrogens (tertiary/aromatic N) is 1. The first-order valence-corrected chi connectivity index (χ1v) is 6.95. The van der Waals surface area contributed by atoms with E-state index in [1.807, 2.05) is 24.3 Å². The van der Waals surface area contributed by atoms with Gasteiger partial charge in [-0.1, -0.05) is 36.4 Å². The minimum Gasteiger partial charge on any atom is -0.472 e. The molecule has 102 valence electrons. The summed E-state index contributed by atoms with van der Waals surface area (Å²) in [5, 5.41) is 3.38. The third-order valence-corrected chi connectivity index (χ3v) is 3.36. The molecule has 0 saturated heterocycles. The fourth-order valence-electron chi connectivity index (χ4n) is 2.33. The van der Waals surface area contributed by atoms with Crippen LogP contribution in [0.5, 0.6) is 5.88 Å². The highest BCUT2D eigenvalue weighted by Crippen LogP contribution is 2.25. The zero-order valence-electron chi connectivity index (χ0n) is 11.4. The predicted molar refractivity (Wildman–Crippen MR) is 80.5 cm³/mol. The van der Waals surface area contributed by atoms with Gasteiger partial charge >= 0.3 is 0 Å². The van der Waals surface area contributed by atoms with Gasteiger partial charge in [0.25, 0.3) is 0 Å². The Morgan fingerprint density at radius 3 is 2.80 bits per heavy atom. The lowest BCUT2D eigenvalue weighted by atomic mass is 10.0. The second-order valence-electron chi connectivity index (χ2n) is 4.83. The lowest BCUT2D eigenvalue weighted by Crippen LogP contribution is -2.21. The number of nitrogens with one attached hydrogen (secondary N) is 1. The molecule has 0 radical (unpaired) electrons. The molecule has 0 aliphatic carbocycles. The van der Waals surface area contributed by atoms with Gasteiger partial charge < -0.3 is 10.1 Å². The second kappa shape index (κ2) is 6.35. The number of pyridine rings is 1. The molecule has 0 fully saturated rings. The molecule has 0 spiro atoms. The highest BCUT2D eigenvalue weighted by atomic mass is 16.5. The van der Waals surface area contributed by atoms with E-state index < -0.39 is 0 Å². The van der Waals surface area contributed by atoms with Gasteiger partial charge in [-0.25, -0.2) is 4.98 Å². The van der Waals surface area contributed by atoms with Gasteiger partial charge in [-0.2, -0.15) is 0 Å². The first-order chi connectivity index (χ1) is 9.93. The fourth-order valence-corrected chi connectivity index (χ4v) is 2.33. The molecule has 1 aromatic heterocycles. The average molecular weight is 266 g/mol. The molecule has 3 nitrogen and oxygen atoms in total. The van der Waals surface area contributed by atoms with Crippen molar-refractivity contribution in [2.75, 3.05) is 13.1 Å². The third kappa shape index (κ3) is 3.06. The van der Waals surface area contributed by atoms with E-state index in [2.05, 4.69) is 34.6 Å². The van der Waals surface area contributed by atoms with E-state index in [4.69, 9.17) is 4.74 Å². The molecule has 0 atom stereocenters. The Labute approximate surface area is 119 Å². The van der Waals surface area contributed by atoms with E-state index in [1.165, 1.54) is 5.57 Å². The molecule has 1 aromatic carbocycles. The first-order valence-electron chi connectivity index (χ1n) is 6.95. The van der Waals surface area contributed by atoms with E-state index in [0.29, 0.717) is 12.5 Å². The highest BCUT2D eigenvalue weighted by molar-refractivity contribution is 5.70. The van der Waals surface area contributed by atoms with Gasteiger partial charge in [0.2, 0.25) is 5.88 Å². The highest BCUT2D eigenvalue weighted by Gasteiger charge is 2.12. The van der Waals surface area contributed by atoms with Crippen molar-refractivity contribution >= 4 is 5.57 Å². The van der Waals surface area contributed by atoms with Crippen LogP contribution in [0.3, 0.4) is 0 Å². The van der Waals surface area contributed by atoms with Crippen LogP contribution < -0.4 is 10.1 Å². The van der Waals surface area contributed by atoms with Gasteiger partial charge in [0.15, 0.2) is 0 Å². The largest absolute Gasteiger partial charge is 0.472 e. The zero-order valence-corrected chi connectivity index (χ0v) is 11.4. The quantitative estimate of drug-likeness (QED) is 0.923. The average Bonchev–Trinajstić information content (AvgIpc) is 2.55. The van der Waals surface area contributed by atoms with Gasteiger partial charge in [0, 0.05) is 18.3 Å². The van der Waals surface area contributed by atoms with Crippen LogP contribution in [-0.2, 0) is 6.61 Å². The van der Waals surface area contributed by atoms with Crippen LogP contribution in [0.15, 0.2) is 54.7 Å². The molecular weight excluding hydrogens is 248 g/mol. The maximum absolute atomic E-state index is 5.90. The summed E-state index contributed by atoms with van der Waals surface area (Å²) < 4.78 is 5.90. The lowest BCUT2D eigenvalue weighted by molar-refractivity contribution is 0.293. The predicted octanol–water partition coefficient (Wildman–Crippen LogP) is 3.04. The Bertz CT molecular complexity index is 593. The van der Waals surface area contributed by atoms with Crippen LogP contribution in [0.1, 0.15) is 17.5 Å². The van der Waals surface area contributed by atoms with Crippen molar-refractivity contribution < 1.29 is 4.74 Å². The maximum atomic E-state index is 5.90. The van der Waals surface area contributed by atoms with E-state index in [-0.39, 0.29) is 0 Å². The zero-order chi connectivity index (χ0) is 13.6. The lowest BCUT2D eigenvalue weighted by Gasteiger charge is -2.17. The van der Waals surface area contributed by atoms with Gasteiger partial charge in [-0.15, -0.1) is 0 Å². The van der Waals surface area contributed by atoms with E-state index in [9.17, 15) is 0 Å². The minimum atomic E-state index is 0.547. The van der Waals surface area contributed by atoms with Crippen molar-refractivity contribution in [1.82, 2.24) is 10.3 Å². The van der Waals surface area contributed by atoms with Crippen LogP contribution >= 0.6 is 0 Å². The van der Waals surface area contributed by atoms with Crippen LogP contribution in [0.2, 0.25) is 0 Å². The summed E-state index contributed by atoms with van der Waals surface area (Å²) >= 11 is 0. The number of aromatic nitrogens is 1. The number of ether oxygens (including phenoxy) is 1. The maximum Gasteiger partial charge on any atom is 0.221 e. The van der Waals surface area contributed by atoms with Crippen molar-refractivity contribution in [3.8, 4) is 5.88 Å². The number of benzene rings is 1. The summed E-state index contributed by atoms with van der Waals surface area (Å²) in [7, 11) is 0. The van der Waals surface area contributed by atoms with E-state index in [1.54, 1.807) is 6.20 Å². The summed E-state index contributed by atoms with van der Waals surface area (Å²) in [6, 6.07) is 14.2. The Hall–Kier alpha value is -2.13. The summed E-state index contributed by atoms with van der Waals surface area (Å²) in [5.41, 5.74) is 3.52. The molecule has 1 aliphatic rings. The minimum absolute atomic E-state index is 0.547. The monoisotopic (exact) mass is 266 g/mol. The standard InChI is InChI=1S/C17H18N2O/c1-2-6-14(7-3-1)13-20-17-16(9-5-11-19-17)15-8-4-10-18-12-15/h1-3,5-9,11,18H,4,10,12-13H2. The molecular formula is C17H18N2O. The summed E-state index contributed by atoms with van der Waals surface area (Å²) in [4.78, 5) is 4.38. The van der Waals surface area contributed by atoms with Gasteiger partial charge in [-0.3, -0.25) is 0 Å². The van der Waals surface area contributed by atoms with Crippen molar-refractivity contribution in [2.45, 2.75) is 13.0 Å². The Balaban J connectivity index is 1.78. The number of hydrogen-bond acceptors (Lipinski definition) is 3. The Morgan fingerprint density at radius 2 is 2.00 bits per heavy atom. The Kier molecular flexibility index (Phi) is 4.09. The van der Waals surface area contributed by atoms with Crippen molar-refractivity contribution in [2.24, 2.45) is 0 Å². The smallest absolute Gasteiger partial charge is 0.221 e. The molecule has 0 unspecified atom stereocenters. The van der Waals surface area contributed by atoms with Crippen LogP contribution in [0.25, 0.3) is 5.57 Å². The number of rotatable bonds is 4. The first kappa shape index (κ1) is 12.9. The summed E-state index contributed by atoms with van der Waals surface area (Å²) in [6.45, 7) is 2.48. The van der Waals surface area contributed by atoms with Crippen molar-refractivity contribution in [3.63, 3.8) is 0 Å². The molecule has 1 N–H and O–H groups in total. The van der Waals surface area contributed by atoms with Crippen LogP contribution in [0, 0.1) is 0 Å². The molecule has 2 heterocycles. The normalized spacial score (nSPS) is 14.7. The Morgan fingerprint density at radius 1 is 1.10 bits per heavy atom. The molecule has 0 bridgehead atoms. The molecule has 0 saturated carbocycles. The SMILES string of the molecule is C1=C(c2cccnc2OCc2ccccc2)CNCC1. The van der Waals surface area contributed by atoms with Crippen molar-refractivity contribution in [3.05, 3.63) is 65.9 Å². The van der Waals surface area contributed by atoms with Crippen LogP contribution in [0.4, 0.5) is 0 Å².